The van der Waals surface area contributed by atoms with Crippen molar-refractivity contribution in [1.82, 2.24) is 16.0 Å². The van der Waals surface area contributed by atoms with Crippen LogP contribution >= 0.6 is 11.8 Å². The van der Waals surface area contributed by atoms with E-state index in [0.717, 1.165) is 33.1 Å². The highest BCUT2D eigenvalue weighted by atomic mass is 32.2. The molecule has 4 nitrogen and oxygen atoms in total. The van der Waals surface area contributed by atoms with Crippen molar-refractivity contribution in [3.63, 3.8) is 0 Å². The minimum absolute atomic E-state index is 0.00265. The molecule has 2 aliphatic heterocycles. The van der Waals surface area contributed by atoms with E-state index in [1.165, 1.54) is 57.5 Å². The van der Waals surface area contributed by atoms with Crippen LogP contribution < -0.4 is 16.0 Å². The summed E-state index contributed by atoms with van der Waals surface area (Å²) in [4.78, 5) is 1.47. The van der Waals surface area contributed by atoms with Gasteiger partial charge < -0.3 is 4.42 Å². The molecule has 3 aliphatic rings. The number of benzene rings is 7. The molecule has 5 heteroatoms. The van der Waals surface area contributed by atoms with E-state index < -0.39 is 0 Å². The number of nitrogens with one attached hydrogen (secondary N) is 3. The van der Waals surface area contributed by atoms with Crippen LogP contribution in [-0.2, 0) is 0 Å². The Kier molecular flexibility index (Phi) is 8.62. The van der Waals surface area contributed by atoms with Crippen molar-refractivity contribution in [3.8, 4) is 33.4 Å². The molecule has 0 spiro atoms. The van der Waals surface area contributed by atoms with E-state index in [1.807, 2.05) is 6.07 Å². The first-order chi connectivity index (χ1) is 27.7. The van der Waals surface area contributed by atoms with Crippen LogP contribution in [0.2, 0.25) is 0 Å². The highest BCUT2D eigenvalue weighted by Gasteiger charge is 2.42. The molecule has 1 saturated carbocycles. The zero-order valence-electron chi connectivity index (χ0n) is 31.1. The Hall–Kier alpha value is -5.43. The summed E-state index contributed by atoms with van der Waals surface area (Å²) in [6.07, 6.45) is 3.81. The number of fused-ring (bicyclic) bond motifs is 6. The van der Waals surface area contributed by atoms with Crippen LogP contribution in [0.3, 0.4) is 0 Å². The van der Waals surface area contributed by atoms with Crippen molar-refractivity contribution in [2.45, 2.75) is 53.8 Å². The lowest BCUT2D eigenvalue weighted by Crippen LogP contribution is -2.62. The van der Waals surface area contributed by atoms with E-state index in [1.54, 1.807) is 5.56 Å². The number of hydrogen-bond acceptors (Lipinski definition) is 5. The van der Waals surface area contributed by atoms with Gasteiger partial charge in [-0.15, -0.1) is 11.8 Å². The van der Waals surface area contributed by atoms with Gasteiger partial charge in [-0.25, -0.2) is 0 Å². The van der Waals surface area contributed by atoms with Crippen molar-refractivity contribution >= 4 is 33.7 Å². The summed E-state index contributed by atoms with van der Waals surface area (Å²) >= 11 is 2.11. The Labute approximate surface area is 332 Å². The van der Waals surface area contributed by atoms with Gasteiger partial charge in [0.2, 0.25) is 0 Å². The predicted molar refractivity (Wildman–Crippen MR) is 231 cm³/mol. The maximum atomic E-state index is 6.39. The first-order valence-corrected chi connectivity index (χ1v) is 20.9. The zero-order chi connectivity index (χ0) is 37.0. The molecule has 11 rings (SSSR count). The first-order valence-electron chi connectivity index (χ1n) is 20.0. The van der Waals surface area contributed by atoms with Gasteiger partial charge in [0.05, 0.1) is 18.5 Å². The average molecular weight is 746 g/mol. The molecule has 274 valence electrons. The summed E-state index contributed by atoms with van der Waals surface area (Å²) < 4.78 is 6.39. The molecule has 0 amide bonds. The molecule has 3 N–H and O–H groups in total. The lowest BCUT2D eigenvalue weighted by Gasteiger charge is -2.45. The normalized spacial score (nSPS) is 23.2. The number of thioether (sulfide) groups is 1. The topological polar surface area (TPSA) is 49.2 Å². The summed E-state index contributed by atoms with van der Waals surface area (Å²) in [5.74, 6) is 1.13. The molecule has 2 fully saturated rings. The highest BCUT2D eigenvalue weighted by molar-refractivity contribution is 8.00. The fourth-order valence-electron chi connectivity index (χ4n) is 9.55. The molecule has 3 heterocycles. The SMILES string of the molecule is c1ccc(-c2cccc(-c3ccc4c(c3)SC3CC(C5NC(c6ccccc6)NC(c6ccc(-c7cccc8c7oc7ccccc78)cc6)N5)CCC43)c2)cc1. The van der Waals surface area contributed by atoms with E-state index in [2.05, 4.69) is 192 Å². The average Bonchev–Trinajstić information content (AvgIpc) is 3.85. The minimum atomic E-state index is 0.00265. The maximum absolute atomic E-state index is 6.39. The number of rotatable bonds is 6. The quantitative estimate of drug-likeness (QED) is 0.158. The van der Waals surface area contributed by atoms with Crippen molar-refractivity contribution in [3.05, 3.63) is 187 Å². The van der Waals surface area contributed by atoms with E-state index in [9.17, 15) is 0 Å². The highest BCUT2D eigenvalue weighted by Crippen LogP contribution is 2.54. The van der Waals surface area contributed by atoms with Gasteiger partial charge in [-0.1, -0.05) is 152 Å². The van der Waals surface area contributed by atoms with Gasteiger partial charge in [0.25, 0.3) is 0 Å². The number of furan rings is 1. The molecular weight excluding hydrogens is 703 g/mol. The van der Waals surface area contributed by atoms with Gasteiger partial charge in [-0.3, -0.25) is 16.0 Å². The van der Waals surface area contributed by atoms with Crippen molar-refractivity contribution in [2.24, 2.45) is 5.92 Å². The molecule has 0 bridgehead atoms. The second-order valence-electron chi connectivity index (χ2n) is 15.7. The van der Waals surface area contributed by atoms with Crippen LogP contribution in [0.1, 0.15) is 54.2 Å². The molecule has 1 aromatic heterocycles. The van der Waals surface area contributed by atoms with Crippen LogP contribution in [0.15, 0.2) is 179 Å². The third-order valence-electron chi connectivity index (χ3n) is 12.4. The maximum Gasteiger partial charge on any atom is 0.143 e. The molecule has 7 aromatic carbocycles. The smallest absolute Gasteiger partial charge is 0.143 e. The Balaban J connectivity index is 0.838. The summed E-state index contributed by atoms with van der Waals surface area (Å²) in [5, 5.41) is 14.9. The van der Waals surface area contributed by atoms with Gasteiger partial charge in [0.15, 0.2) is 0 Å². The van der Waals surface area contributed by atoms with E-state index in [-0.39, 0.29) is 18.5 Å². The molecule has 1 saturated heterocycles. The molecule has 8 aromatic rings. The zero-order valence-corrected chi connectivity index (χ0v) is 31.9. The predicted octanol–water partition coefficient (Wildman–Crippen LogP) is 12.5. The third-order valence-corrected chi connectivity index (χ3v) is 13.8. The second-order valence-corrected chi connectivity index (χ2v) is 17.0. The van der Waals surface area contributed by atoms with Crippen molar-refractivity contribution < 1.29 is 4.42 Å². The summed E-state index contributed by atoms with van der Waals surface area (Å²) in [6, 6.07) is 61.6. The van der Waals surface area contributed by atoms with Crippen LogP contribution in [0.4, 0.5) is 0 Å². The fourth-order valence-corrected chi connectivity index (χ4v) is 11.2. The van der Waals surface area contributed by atoms with Gasteiger partial charge >= 0.3 is 0 Å². The third kappa shape index (κ3) is 6.16. The number of para-hydroxylation sites is 2. The van der Waals surface area contributed by atoms with Gasteiger partial charge in [0, 0.05) is 26.5 Å². The molecule has 1 aliphatic carbocycles. The van der Waals surface area contributed by atoms with E-state index >= 15 is 0 Å². The summed E-state index contributed by atoms with van der Waals surface area (Å²) in [6.45, 7) is 0. The lowest BCUT2D eigenvalue weighted by atomic mass is 9.76. The largest absolute Gasteiger partial charge is 0.455 e. The molecule has 6 unspecified atom stereocenters. The summed E-state index contributed by atoms with van der Waals surface area (Å²) in [5.41, 5.74) is 13.3. The van der Waals surface area contributed by atoms with Gasteiger partial charge in [-0.05, 0) is 93.8 Å². The van der Waals surface area contributed by atoms with E-state index in [0.29, 0.717) is 17.1 Å². The van der Waals surface area contributed by atoms with Gasteiger partial charge in [0.1, 0.15) is 11.2 Å². The van der Waals surface area contributed by atoms with E-state index in [4.69, 9.17) is 4.42 Å². The number of hydrogen-bond donors (Lipinski definition) is 3. The van der Waals surface area contributed by atoms with Crippen LogP contribution in [0.5, 0.6) is 0 Å². The minimum Gasteiger partial charge on any atom is -0.455 e. The molecule has 56 heavy (non-hydrogen) atoms. The first kappa shape index (κ1) is 33.9. The second kappa shape index (κ2) is 14.3. The Morgan fingerprint density at radius 2 is 1.14 bits per heavy atom. The standard InChI is InChI=1S/C51H43N3OS/c1-3-11-32(12-4-1)36-15-9-16-37(29-36)38-25-27-42-43-28-26-39(31-47(43)56-46(42)30-38)51-53-49(34-13-5-2-6-14-34)52-50(54-51)35-23-21-33(22-24-35)40-18-10-19-44-41-17-7-8-20-45(41)55-48(40)44/h1-25,27,29-30,39,43,47,49-54H,26,28,31H2. The van der Waals surface area contributed by atoms with Crippen molar-refractivity contribution in [1.29, 1.82) is 0 Å². The molecule has 0 radical (unpaired) electrons. The fraction of sp³-hybridized carbons (Fsp3) is 0.176. The Bertz CT molecular complexity index is 2670. The Morgan fingerprint density at radius 1 is 0.500 bits per heavy atom. The van der Waals surface area contributed by atoms with Gasteiger partial charge in [-0.2, -0.15) is 0 Å². The van der Waals surface area contributed by atoms with Crippen LogP contribution in [-0.4, -0.2) is 11.4 Å². The van der Waals surface area contributed by atoms with Crippen LogP contribution in [0.25, 0.3) is 55.3 Å². The molecular formula is C51H43N3OS. The molecule has 6 atom stereocenters. The summed E-state index contributed by atoms with van der Waals surface area (Å²) in [7, 11) is 0. The Morgan fingerprint density at radius 3 is 1.96 bits per heavy atom. The van der Waals surface area contributed by atoms with Crippen molar-refractivity contribution in [2.75, 3.05) is 0 Å². The van der Waals surface area contributed by atoms with Crippen LogP contribution in [0, 0.1) is 5.92 Å². The monoisotopic (exact) mass is 745 g/mol. The lowest BCUT2D eigenvalue weighted by molar-refractivity contribution is 0.129.